The monoisotopic (exact) mass is 278 g/mol. The second-order valence-electron chi connectivity index (χ2n) is 6.16. The minimum Gasteiger partial charge on any atom is -0.369 e. The van der Waals surface area contributed by atoms with Crippen LogP contribution in [0.1, 0.15) is 58.1 Å². The molecule has 1 aromatic carbocycles. The van der Waals surface area contributed by atoms with Crippen LogP contribution >= 0.6 is 0 Å². The predicted molar refractivity (Wildman–Crippen MR) is 83.5 cm³/mol. The normalized spacial score (nSPS) is 19.9. The zero-order valence-corrected chi connectivity index (χ0v) is 13.0. The molecule has 2 rings (SSSR count). The second-order valence-corrected chi connectivity index (χ2v) is 6.16. The Balaban J connectivity index is 2.23. The summed E-state index contributed by atoms with van der Waals surface area (Å²) in [5, 5.41) is 0. The lowest BCUT2D eigenvalue weighted by atomic mass is 9.74. The van der Waals surface area contributed by atoms with E-state index in [1.165, 1.54) is 12.8 Å². The van der Waals surface area contributed by atoms with E-state index < -0.39 is 0 Å². The molecule has 0 aromatic heterocycles. The number of benzene rings is 1. The van der Waals surface area contributed by atoms with E-state index in [0.29, 0.717) is 5.41 Å². The Labute approximate surface area is 122 Å². The van der Waals surface area contributed by atoms with Gasteiger partial charge in [0, 0.05) is 19.1 Å². The van der Waals surface area contributed by atoms with Crippen molar-refractivity contribution < 1.29 is 4.39 Å². The zero-order valence-electron chi connectivity index (χ0n) is 13.0. The van der Waals surface area contributed by atoms with Gasteiger partial charge in [-0.1, -0.05) is 38.8 Å². The molecule has 1 aromatic rings. The number of piperidine rings is 1. The number of hydrogen-bond donors (Lipinski definition) is 1. The van der Waals surface area contributed by atoms with E-state index in [-0.39, 0.29) is 11.9 Å². The molecule has 0 bridgehead atoms. The van der Waals surface area contributed by atoms with Crippen LogP contribution in [0.5, 0.6) is 0 Å². The quantitative estimate of drug-likeness (QED) is 0.892. The van der Waals surface area contributed by atoms with Gasteiger partial charge in [0.2, 0.25) is 0 Å². The molecule has 2 N–H and O–H groups in total. The van der Waals surface area contributed by atoms with Gasteiger partial charge in [-0.25, -0.2) is 4.39 Å². The Bertz CT molecular complexity index is 442. The topological polar surface area (TPSA) is 29.3 Å². The van der Waals surface area contributed by atoms with E-state index in [4.69, 9.17) is 5.73 Å². The third-order valence-electron chi connectivity index (χ3n) is 5.15. The average molecular weight is 278 g/mol. The van der Waals surface area contributed by atoms with Crippen molar-refractivity contribution in [3.63, 3.8) is 0 Å². The van der Waals surface area contributed by atoms with Crippen LogP contribution in [0.3, 0.4) is 0 Å². The van der Waals surface area contributed by atoms with Crippen LogP contribution in [0, 0.1) is 11.2 Å². The van der Waals surface area contributed by atoms with Gasteiger partial charge in [0.05, 0.1) is 5.69 Å². The fraction of sp³-hybridized carbons (Fsp3) is 0.647. The van der Waals surface area contributed by atoms with Gasteiger partial charge in [-0.15, -0.1) is 0 Å². The summed E-state index contributed by atoms with van der Waals surface area (Å²) in [5.41, 5.74) is 8.10. The van der Waals surface area contributed by atoms with Crippen LogP contribution in [0.2, 0.25) is 0 Å². The summed E-state index contributed by atoms with van der Waals surface area (Å²) in [6, 6.07) is 5.11. The van der Waals surface area contributed by atoms with E-state index in [1.807, 2.05) is 13.0 Å². The first-order valence-electron chi connectivity index (χ1n) is 7.82. The van der Waals surface area contributed by atoms with Crippen LogP contribution in [0.15, 0.2) is 18.2 Å². The Hall–Kier alpha value is -1.09. The molecule has 2 nitrogen and oxygen atoms in total. The van der Waals surface area contributed by atoms with Gasteiger partial charge in [-0.2, -0.15) is 0 Å². The lowest BCUT2D eigenvalue weighted by molar-refractivity contribution is 0.199. The van der Waals surface area contributed by atoms with Gasteiger partial charge in [0.25, 0.3) is 0 Å². The standard InChI is InChI=1S/C17H27FN2/c1-4-17(5-2)9-11-20(12-10-17)16-14(13(3)19)7-6-8-15(16)18/h6-8,13H,4-5,9-12,19H2,1-3H3/t13-/m0/s1. The zero-order chi connectivity index (χ0) is 14.8. The maximum absolute atomic E-state index is 14.3. The highest BCUT2D eigenvalue weighted by Gasteiger charge is 2.32. The molecule has 0 saturated carbocycles. The molecule has 0 radical (unpaired) electrons. The minimum atomic E-state index is -0.139. The van der Waals surface area contributed by atoms with Crippen molar-refractivity contribution in [2.24, 2.45) is 11.1 Å². The first-order valence-corrected chi connectivity index (χ1v) is 7.82. The molecule has 1 aliphatic heterocycles. The van der Waals surface area contributed by atoms with Gasteiger partial charge in [-0.05, 0) is 36.8 Å². The van der Waals surface area contributed by atoms with E-state index in [0.717, 1.165) is 37.2 Å². The Morgan fingerprint density at radius 2 is 1.85 bits per heavy atom. The molecule has 1 aliphatic rings. The van der Waals surface area contributed by atoms with Crippen LogP contribution in [-0.4, -0.2) is 13.1 Å². The highest BCUT2D eigenvalue weighted by Crippen LogP contribution is 2.40. The van der Waals surface area contributed by atoms with Crippen molar-refractivity contribution in [3.8, 4) is 0 Å². The van der Waals surface area contributed by atoms with Crippen LogP contribution in [0.4, 0.5) is 10.1 Å². The molecule has 0 spiro atoms. The number of nitrogens with two attached hydrogens (primary N) is 1. The lowest BCUT2D eigenvalue weighted by Crippen LogP contribution is -2.40. The summed E-state index contributed by atoms with van der Waals surface area (Å²) in [4.78, 5) is 2.19. The molecule has 1 heterocycles. The average Bonchev–Trinajstić information content (AvgIpc) is 2.47. The first kappa shape index (κ1) is 15.3. The van der Waals surface area contributed by atoms with Crippen molar-refractivity contribution in [1.29, 1.82) is 0 Å². The molecule has 1 saturated heterocycles. The first-order chi connectivity index (χ1) is 9.53. The maximum atomic E-state index is 14.3. The molecular weight excluding hydrogens is 251 g/mol. The molecule has 20 heavy (non-hydrogen) atoms. The number of halogens is 1. The summed E-state index contributed by atoms with van der Waals surface area (Å²) in [6.07, 6.45) is 4.73. The highest BCUT2D eigenvalue weighted by atomic mass is 19.1. The van der Waals surface area contributed by atoms with Crippen LogP contribution < -0.4 is 10.6 Å². The Morgan fingerprint density at radius 1 is 1.25 bits per heavy atom. The molecule has 3 heteroatoms. The molecule has 1 fully saturated rings. The number of anilines is 1. The molecule has 0 amide bonds. The number of rotatable bonds is 4. The van der Waals surface area contributed by atoms with Gasteiger partial charge in [-0.3, -0.25) is 0 Å². The summed E-state index contributed by atoms with van der Waals surface area (Å²) in [5.74, 6) is -0.139. The largest absolute Gasteiger partial charge is 0.369 e. The van der Waals surface area contributed by atoms with Gasteiger partial charge < -0.3 is 10.6 Å². The van der Waals surface area contributed by atoms with Crippen molar-refractivity contribution in [1.82, 2.24) is 0 Å². The van der Waals surface area contributed by atoms with E-state index in [9.17, 15) is 4.39 Å². The molecule has 112 valence electrons. The Kier molecular flexibility index (Phi) is 4.69. The van der Waals surface area contributed by atoms with Gasteiger partial charge >= 0.3 is 0 Å². The van der Waals surface area contributed by atoms with E-state index in [2.05, 4.69) is 18.7 Å². The summed E-state index contributed by atoms with van der Waals surface area (Å²) in [6.45, 7) is 8.33. The molecular formula is C17H27FN2. The number of nitrogens with zero attached hydrogens (tertiary/aromatic N) is 1. The second kappa shape index (κ2) is 6.13. The third-order valence-corrected chi connectivity index (χ3v) is 5.15. The van der Waals surface area contributed by atoms with E-state index >= 15 is 0 Å². The predicted octanol–water partition coefficient (Wildman–Crippen LogP) is 4.25. The lowest BCUT2D eigenvalue weighted by Gasteiger charge is -2.42. The molecule has 1 atom stereocenters. The van der Waals surface area contributed by atoms with Crippen LogP contribution in [-0.2, 0) is 0 Å². The number of para-hydroxylation sites is 1. The van der Waals surface area contributed by atoms with Gasteiger partial charge in [0.1, 0.15) is 5.82 Å². The summed E-state index contributed by atoms with van der Waals surface area (Å²) >= 11 is 0. The van der Waals surface area contributed by atoms with Gasteiger partial charge in [0.15, 0.2) is 0 Å². The van der Waals surface area contributed by atoms with Crippen molar-refractivity contribution in [2.75, 3.05) is 18.0 Å². The fourth-order valence-electron chi connectivity index (χ4n) is 3.39. The SMILES string of the molecule is CCC1(CC)CCN(c2c(F)cccc2[C@H](C)N)CC1. The maximum Gasteiger partial charge on any atom is 0.146 e. The Morgan fingerprint density at radius 3 is 2.35 bits per heavy atom. The van der Waals surface area contributed by atoms with Crippen molar-refractivity contribution in [3.05, 3.63) is 29.6 Å². The summed E-state index contributed by atoms with van der Waals surface area (Å²) in [7, 11) is 0. The number of hydrogen-bond acceptors (Lipinski definition) is 2. The van der Waals surface area contributed by atoms with Crippen LogP contribution in [0.25, 0.3) is 0 Å². The fourth-order valence-corrected chi connectivity index (χ4v) is 3.39. The highest BCUT2D eigenvalue weighted by molar-refractivity contribution is 5.56. The van der Waals surface area contributed by atoms with Crippen molar-refractivity contribution in [2.45, 2.75) is 52.5 Å². The smallest absolute Gasteiger partial charge is 0.146 e. The van der Waals surface area contributed by atoms with Crippen molar-refractivity contribution >= 4 is 5.69 Å². The molecule has 0 aliphatic carbocycles. The molecule has 0 unspecified atom stereocenters. The van der Waals surface area contributed by atoms with E-state index in [1.54, 1.807) is 12.1 Å². The third kappa shape index (κ3) is 2.83. The summed E-state index contributed by atoms with van der Waals surface area (Å²) < 4.78 is 14.3. The minimum absolute atomic E-state index is 0.135.